The third kappa shape index (κ3) is 14.4. The van der Waals surface area contributed by atoms with Gasteiger partial charge in [0.1, 0.15) is 32.9 Å². The lowest BCUT2D eigenvalue weighted by molar-refractivity contribution is 0.123. The predicted octanol–water partition coefficient (Wildman–Crippen LogP) is 6.55. The van der Waals surface area contributed by atoms with Gasteiger partial charge in [-0.1, -0.05) is 78.6 Å². The third-order valence-corrected chi connectivity index (χ3v) is 27.8. The summed E-state index contributed by atoms with van der Waals surface area (Å²) in [5.41, 5.74) is 0. The second kappa shape index (κ2) is 15.7. The predicted molar refractivity (Wildman–Crippen MR) is 173 cm³/mol. The first-order chi connectivity index (χ1) is 16.0. The van der Waals surface area contributed by atoms with Crippen molar-refractivity contribution in [2.75, 3.05) is 48.6 Å². The van der Waals surface area contributed by atoms with Gasteiger partial charge in [0.25, 0.3) is 0 Å². The Morgan fingerprint density at radius 1 is 0.417 bits per heavy atom. The van der Waals surface area contributed by atoms with Crippen LogP contribution in [0.15, 0.2) is 0 Å². The highest BCUT2D eigenvalue weighted by molar-refractivity contribution is 6.90. The summed E-state index contributed by atoms with van der Waals surface area (Å²) < 4.78 is 33.2. The number of rotatable bonds is 16. The van der Waals surface area contributed by atoms with Gasteiger partial charge >= 0.3 is 17.4 Å². The highest BCUT2D eigenvalue weighted by Crippen LogP contribution is 2.24. The number of nitrogens with zero attached hydrogens (tertiary/aromatic N) is 2. The molecule has 0 aromatic rings. The van der Waals surface area contributed by atoms with E-state index >= 15 is 0 Å². The summed E-state index contributed by atoms with van der Waals surface area (Å²) in [7, 11) is -0.726. The van der Waals surface area contributed by atoms with Gasteiger partial charge in [0.05, 0.1) is 0 Å². The van der Waals surface area contributed by atoms with E-state index < -0.39 is 50.3 Å². The van der Waals surface area contributed by atoms with Gasteiger partial charge in [0.2, 0.25) is 0 Å². The molecule has 220 valence electrons. The summed E-state index contributed by atoms with van der Waals surface area (Å²) in [6.07, 6.45) is 1.19. The second-order valence-electron chi connectivity index (χ2n) is 13.7. The Bertz CT molecular complexity index is 559. The maximum absolute atomic E-state index is 5.56. The fourth-order valence-corrected chi connectivity index (χ4v) is 27.8. The largest absolute Gasteiger partial charge is 0.501 e. The first kappa shape index (κ1) is 39.2. The van der Waals surface area contributed by atoms with Crippen molar-refractivity contribution in [2.24, 2.45) is 0 Å². The molecule has 0 heterocycles. The molecule has 36 heavy (non-hydrogen) atoms. The normalized spacial score (nSPS) is 14.3. The zero-order valence-electron chi connectivity index (χ0n) is 27.5. The van der Waals surface area contributed by atoms with Crippen molar-refractivity contribution in [3.63, 3.8) is 0 Å². The lowest BCUT2D eigenvalue weighted by Gasteiger charge is -2.44. The minimum absolute atomic E-state index is 0.866. The maximum atomic E-state index is 5.56. The van der Waals surface area contributed by atoms with Crippen LogP contribution in [0.2, 0.25) is 97.2 Å². The van der Waals surface area contributed by atoms with E-state index in [1.165, 1.54) is 13.0 Å². The molecule has 13 heteroatoms. The molecule has 0 amide bonds. The van der Waals surface area contributed by atoms with E-state index in [2.05, 4.69) is 93.6 Å². The molecule has 0 spiro atoms. The van der Waals surface area contributed by atoms with E-state index in [9.17, 15) is 0 Å². The topological polar surface area (TPSA) is 52.6 Å². The molecule has 0 aromatic heterocycles. The van der Waals surface area contributed by atoms with Crippen LogP contribution in [0.3, 0.4) is 0 Å². The molecule has 0 N–H and O–H groups in total. The van der Waals surface area contributed by atoms with Gasteiger partial charge in [0, 0.05) is 41.6 Å². The van der Waals surface area contributed by atoms with E-state index in [0.29, 0.717) is 0 Å². The van der Waals surface area contributed by atoms with Gasteiger partial charge in [-0.3, -0.25) is 0 Å². The van der Waals surface area contributed by atoms with Crippen molar-refractivity contribution in [3.8, 4) is 0 Å². The van der Waals surface area contributed by atoms with Gasteiger partial charge in [-0.2, -0.15) is 0 Å². The van der Waals surface area contributed by atoms with Crippen LogP contribution in [0.25, 0.3) is 0 Å². The van der Waals surface area contributed by atoms with Gasteiger partial charge in [0.15, 0.2) is 0 Å². The molecule has 0 radical (unpaired) electrons. The average molecular weight is 617 g/mol. The van der Waals surface area contributed by atoms with E-state index in [4.69, 9.17) is 22.1 Å². The molecular formula is C23H64N2O5Si6. The quantitative estimate of drug-likeness (QED) is 0.182. The molecule has 0 rings (SSSR count). The minimum atomic E-state index is -2.43. The Morgan fingerprint density at radius 2 is 0.722 bits per heavy atom. The summed E-state index contributed by atoms with van der Waals surface area (Å²) in [5, 5.41) is 0. The second-order valence-corrected chi connectivity index (χ2v) is 40.8. The number of hydrogen-bond acceptors (Lipinski definition) is 7. The number of hydrogen-bond donors (Lipinski definition) is 0. The Balaban J connectivity index is 0. The van der Waals surface area contributed by atoms with Gasteiger partial charge in [-0.15, -0.1) is 0 Å². The van der Waals surface area contributed by atoms with Crippen LogP contribution < -0.4 is 0 Å². The molecule has 0 aromatic carbocycles. The monoisotopic (exact) mass is 616 g/mol. The molecule has 0 saturated heterocycles. The molecule has 0 aliphatic heterocycles. The lowest BCUT2D eigenvalue weighted by atomic mass is 10.5. The molecule has 0 aliphatic rings. The van der Waals surface area contributed by atoms with Crippen molar-refractivity contribution in [1.29, 1.82) is 0 Å². The van der Waals surface area contributed by atoms with Crippen LogP contribution >= 0.6 is 0 Å². The summed E-state index contributed by atoms with van der Waals surface area (Å²) in [5.74, 6) is 0. The Morgan fingerprint density at radius 3 is 0.972 bits per heavy atom. The average Bonchev–Trinajstić information content (AvgIpc) is 2.71. The summed E-state index contributed by atoms with van der Waals surface area (Å²) in [6.45, 7) is 33.5. The fraction of sp³-hybridized carbons (Fsp3) is 1.00. The van der Waals surface area contributed by atoms with Crippen molar-refractivity contribution in [3.05, 3.63) is 0 Å². The summed E-state index contributed by atoms with van der Waals surface area (Å²) in [6, 6.07) is 1.95. The maximum Gasteiger partial charge on any atom is 0.501 e. The molecule has 7 nitrogen and oxygen atoms in total. The van der Waals surface area contributed by atoms with E-state index in [0.717, 1.165) is 18.6 Å². The molecule has 0 aliphatic carbocycles. The Kier molecular flexibility index (Phi) is 17.1. The minimum Gasteiger partial charge on any atom is -0.398 e. The fourth-order valence-electron chi connectivity index (χ4n) is 5.00. The SMILES string of the molecule is CO[Si](C)(CCCN([Si](C)(C)C)[Si](C)(C)C)OC.CO[Si](CCN([Si](C)(C)C)[Si](C)(C)C)(OC)OC. The molecular weight excluding hydrogens is 553 g/mol. The van der Waals surface area contributed by atoms with Gasteiger partial charge in [-0.25, -0.2) is 0 Å². The van der Waals surface area contributed by atoms with Crippen LogP contribution in [0.1, 0.15) is 6.42 Å². The zero-order valence-corrected chi connectivity index (χ0v) is 33.5. The Hall–Kier alpha value is 1.02. The zero-order chi connectivity index (χ0) is 29.2. The highest BCUT2D eigenvalue weighted by Gasteiger charge is 2.42. The van der Waals surface area contributed by atoms with Crippen molar-refractivity contribution in [1.82, 2.24) is 8.46 Å². The van der Waals surface area contributed by atoms with E-state index in [-0.39, 0.29) is 0 Å². The highest BCUT2D eigenvalue weighted by atomic mass is 28.4. The van der Waals surface area contributed by atoms with Crippen LogP contribution in [0.4, 0.5) is 0 Å². The van der Waals surface area contributed by atoms with Crippen LogP contribution in [0, 0.1) is 0 Å². The van der Waals surface area contributed by atoms with Crippen LogP contribution in [0.5, 0.6) is 0 Å². The van der Waals surface area contributed by atoms with Crippen molar-refractivity contribution < 1.29 is 22.1 Å². The van der Waals surface area contributed by atoms with Crippen LogP contribution in [-0.2, 0) is 22.1 Å². The van der Waals surface area contributed by atoms with Gasteiger partial charge in [-0.05, 0) is 32.1 Å². The van der Waals surface area contributed by atoms with Crippen molar-refractivity contribution in [2.45, 2.75) is 104 Å². The summed E-state index contributed by atoms with van der Waals surface area (Å²) >= 11 is 0. The first-order valence-corrected chi connectivity index (χ1v) is 31.5. The standard InChI is InChI=1S/C12H33NO2Si3.C11H31NO3Si3/c1-14-18(9,15-2)12-10-11-13(16(3,4)5)17(6,7)8;1-13-18(14-2,15-3)11-10-12(16(4,5)6)17(7,8)9/h10-12H2,1-9H3;10-11H2,1-9H3. The Labute approximate surface area is 232 Å². The van der Waals surface area contributed by atoms with Crippen molar-refractivity contribution >= 4 is 50.3 Å². The van der Waals surface area contributed by atoms with Gasteiger partial charge < -0.3 is 30.6 Å². The summed E-state index contributed by atoms with van der Waals surface area (Å²) in [4.78, 5) is 0. The van der Waals surface area contributed by atoms with Crippen LogP contribution in [-0.4, -0.2) is 107 Å². The molecule has 0 fully saturated rings. The smallest absolute Gasteiger partial charge is 0.398 e. The molecule has 0 atom stereocenters. The lowest BCUT2D eigenvalue weighted by Crippen LogP contribution is -2.60. The molecule has 0 saturated carbocycles. The third-order valence-electron chi connectivity index (χ3n) is 6.69. The molecule has 0 unspecified atom stereocenters. The van der Waals surface area contributed by atoms with E-state index in [1.807, 2.05) is 0 Å². The van der Waals surface area contributed by atoms with E-state index in [1.54, 1.807) is 35.5 Å². The first-order valence-electron chi connectivity index (χ1n) is 13.3. The molecule has 0 bridgehead atoms.